The summed E-state index contributed by atoms with van der Waals surface area (Å²) in [6, 6.07) is 2.38. The molecule has 0 amide bonds. The van der Waals surface area contributed by atoms with Crippen molar-refractivity contribution >= 4 is 6.08 Å². The molecule has 2 rings (SSSR count). The maximum Gasteiger partial charge on any atom is 0.409 e. The smallest absolute Gasteiger partial charge is 0.206 e. The van der Waals surface area contributed by atoms with Gasteiger partial charge in [0.25, 0.3) is 0 Å². The molecule has 0 nitrogen and oxygen atoms in total. The number of benzene rings is 1. The highest BCUT2D eigenvalue weighted by Crippen LogP contribution is 2.38. The molecule has 134 valence electrons. The standard InChI is InChI=1S/C19H23F5/c1-2-3-4-13-5-7-14(8-6-13)15-11-17(20)16(18(21)12-15)9-10-19(22,23)24/h9-14H,2-8H2,1H3. The summed E-state index contributed by atoms with van der Waals surface area (Å²) in [6.07, 6.45) is 3.15. The Morgan fingerprint density at radius 2 is 1.62 bits per heavy atom. The van der Waals surface area contributed by atoms with Crippen LogP contribution in [0.3, 0.4) is 0 Å². The van der Waals surface area contributed by atoms with Crippen molar-refractivity contribution in [2.75, 3.05) is 0 Å². The summed E-state index contributed by atoms with van der Waals surface area (Å²) in [6.45, 7) is 2.16. The van der Waals surface area contributed by atoms with Gasteiger partial charge in [0, 0.05) is 11.6 Å². The number of hydrogen-bond donors (Lipinski definition) is 0. The molecule has 5 heteroatoms. The lowest BCUT2D eigenvalue weighted by Gasteiger charge is -2.29. The van der Waals surface area contributed by atoms with Crippen molar-refractivity contribution < 1.29 is 22.0 Å². The lowest BCUT2D eigenvalue weighted by molar-refractivity contribution is -0.0790. The molecule has 0 spiro atoms. The van der Waals surface area contributed by atoms with Crippen molar-refractivity contribution in [2.24, 2.45) is 5.92 Å². The fraction of sp³-hybridized carbons (Fsp3) is 0.579. The van der Waals surface area contributed by atoms with Crippen LogP contribution in [-0.4, -0.2) is 6.18 Å². The van der Waals surface area contributed by atoms with Gasteiger partial charge in [-0.2, -0.15) is 13.2 Å². The van der Waals surface area contributed by atoms with Crippen molar-refractivity contribution in [3.05, 3.63) is 41.0 Å². The summed E-state index contributed by atoms with van der Waals surface area (Å²) in [7, 11) is 0. The lowest BCUT2D eigenvalue weighted by atomic mass is 9.77. The molecule has 0 aliphatic heterocycles. The van der Waals surface area contributed by atoms with Crippen molar-refractivity contribution in [1.82, 2.24) is 0 Å². The summed E-state index contributed by atoms with van der Waals surface area (Å²) in [5.74, 6) is -1.09. The van der Waals surface area contributed by atoms with Gasteiger partial charge in [-0.3, -0.25) is 0 Å². The first-order valence-electron chi connectivity index (χ1n) is 8.55. The second kappa shape index (κ2) is 8.13. The molecule has 1 aliphatic rings. The first-order valence-corrected chi connectivity index (χ1v) is 8.55. The molecule has 1 aromatic carbocycles. The zero-order chi connectivity index (χ0) is 17.7. The molecule has 1 fully saturated rings. The first-order chi connectivity index (χ1) is 11.3. The monoisotopic (exact) mass is 346 g/mol. The van der Waals surface area contributed by atoms with Gasteiger partial charge in [-0.15, -0.1) is 0 Å². The van der Waals surface area contributed by atoms with Crippen molar-refractivity contribution in [3.8, 4) is 0 Å². The number of unbranched alkanes of at least 4 members (excludes halogenated alkanes) is 1. The van der Waals surface area contributed by atoms with E-state index in [2.05, 4.69) is 6.92 Å². The van der Waals surface area contributed by atoms with Gasteiger partial charge < -0.3 is 0 Å². The summed E-state index contributed by atoms with van der Waals surface area (Å²) < 4.78 is 64.6. The van der Waals surface area contributed by atoms with E-state index in [0.717, 1.165) is 25.7 Å². The highest BCUT2D eigenvalue weighted by atomic mass is 19.4. The predicted molar refractivity (Wildman–Crippen MR) is 85.7 cm³/mol. The Bertz CT molecular complexity index is 543. The summed E-state index contributed by atoms with van der Waals surface area (Å²) in [5, 5.41) is 0. The van der Waals surface area contributed by atoms with Gasteiger partial charge in [0.1, 0.15) is 11.6 Å². The lowest BCUT2D eigenvalue weighted by Crippen LogP contribution is -2.14. The highest BCUT2D eigenvalue weighted by Gasteiger charge is 2.25. The van der Waals surface area contributed by atoms with Crippen molar-refractivity contribution in [1.29, 1.82) is 0 Å². The molecule has 1 saturated carbocycles. The van der Waals surface area contributed by atoms with Gasteiger partial charge in [0.2, 0.25) is 0 Å². The Kier molecular flexibility index (Phi) is 6.41. The minimum atomic E-state index is -4.59. The van der Waals surface area contributed by atoms with Crippen LogP contribution >= 0.6 is 0 Å². The normalized spacial score (nSPS) is 22.2. The van der Waals surface area contributed by atoms with Crippen LogP contribution in [0.15, 0.2) is 18.2 Å². The van der Waals surface area contributed by atoms with Crippen molar-refractivity contribution in [3.63, 3.8) is 0 Å². The first kappa shape index (κ1) is 18.9. The fourth-order valence-corrected chi connectivity index (χ4v) is 3.45. The number of halogens is 5. The molecular formula is C19H23F5. The maximum absolute atomic E-state index is 14.0. The van der Waals surface area contributed by atoms with E-state index in [1.165, 1.54) is 31.4 Å². The summed E-state index contributed by atoms with van der Waals surface area (Å²) in [4.78, 5) is 0. The molecule has 0 bridgehead atoms. The number of alkyl halides is 3. The van der Waals surface area contributed by atoms with E-state index < -0.39 is 23.4 Å². The topological polar surface area (TPSA) is 0 Å². The zero-order valence-electron chi connectivity index (χ0n) is 13.8. The van der Waals surface area contributed by atoms with Crippen LogP contribution in [0.4, 0.5) is 22.0 Å². The molecule has 1 aromatic rings. The highest BCUT2D eigenvalue weighted by molar-refractivity contribution is 5.52. The van der Waals surface area contributed by atoms with Crippen molar-refractivity contribution in [2.45, 2.75) is 64.0 Å². The van der Waals surface area contributed by atoms with Crippen LogP contribution in [0.2, 0.25) is 0 Å². The number of hydrogen-bond acceptors (Lipinski definition) is 0. The van der Waals surface area contributed by atoms with Gasteiger partial charge in [-0.1, -0.05) is 26.2 Å². The second-order valence-corrected chi connectivity index (χ2v) is 6.63. The quantitative estimate of drug-likeness (QED) is 0.503. The SMILES string of the molecule is CCCCC1CCC(c2cc(F)c(C=CC(F)(F)F)c(F)c2)CC1. The minimum absolute atomic E-state index is 0.0903. The molecule has 0 radical (unpaired) electrons. The molecule has 0 heterocycles. The van der Waals surface area contributed by atoms with E-state index in [0.29, 0.717) is 17.6 Å². The van der Waals surface area contributed by atoms with Crippen LogP contribution in [0.5, 0.6) is 0 Å². The zero-order valence-corrected chi connectivity index (χ0v) is 13.8. The van der Waals surface area contributed by atoms with Crippen LogP contribution < -0.4 is 0 Å². The average molecular weight is 346 g/mol. The number of allylic oxidation sites excluding steroid dienone is 1. The fourth-order valence-electron chi connectivity index (χ4n) is 3.45. The Morgan fingerprint density at radius 3 is 2.12 bits per heavy atom. The third-order valence-corrected chi connectivity index (χ3v) is 4.82. The second-order valence-electron chi connectivity index (χ2n) is 6.63. The predicted octanol–water partition coefficient (Wildman–Crippen LogP) is 7.00. The summed E-state index contributed by atoms with van der Waals surface area (Å²) >= 11 is 0. The van der Waals surface area contributed by atoms with E-state index in [1.807, 2.05) is 0 Å². The molecule has 1 aliphatic carbocycles. The Morgan fingerprint density at radius 1 is 1.04 bits per heavy atom. The van der Waals surface area contributed by atoms with Gasteiger partial charge in [0.05, 0.1) is 0 Å². The molecular weight excluding hydrogens is 323 g/mol. The number of rotatable bonds is 5. The molecule has 0 unspecified atom stereocenters. The van der Waals surface area contributed by atoms with Crippen LogP contribution in [-0.2, 0) is 0 Å². The van der Waals surface area contributed by atoms with E-state index in [9.17, 15) is 22.0 Å². The third-order valence-electron chi connectivity index (χ3n) is 4.82. The summed E-state index contributed by atoms with van der Waals surface area (Å²) in [5.41, 5.74) is -0.0733. The molecule has 0 N–H and O–H groups in total. The van der Waals surface area contributed by atoms with E-state index in [4.69, 9.17) is 0 Å². The minimum Gasteiger partial charge on any atom is -0.206 e. The molecule has 0 atom stereocenters. The van der Waals surface area contributed by atoms with Crippen LogP contribution in [0.1, 0.15) is 68.9 Å². The maximum atomic E-state index is 14.0. The Balaban J connectivity index is 2.07. The van der Waals surface area contributed by atoms with Crippen LogP contribution in [0.25, 0.3) is 6.08 Å². The third kappa shape index (κ3) is 5.32. The van der Waals surface area contributed by atoms with Crippen LogP contribution in [0, 0.1) is 17.6 Å². The van der Waals surface area contributed by atoms with E-state index in [-0.39, 0.29) is 12.0 Å². The largest absolute Gasteiger partial charge is 0.409 e. The van der Waals surface area contributed by atoms with Gasteiger partial charge in [-0.25, -0.2) is 8.78 Å². The van der Waals surface area contributed by atoms with E-state index >= 15 is 0 Å². The van der Waals surface area contributed by atoms with Gasteiger partial charge in [0.15, 0.2) is 0 Å². The van der Waals surface area contributed by atoms with Gasteiger partial charge >= 0.3 is 6.18 Å². The van der Waals surface area contributed by atoms with Gasteiger partial charge in [-0.05, 0) is 61.3 Å². The molecule has 24 heavy (non-hydrogen) atoms. The van der Waals surface area contributed by atoms with E-state index in [1.54, 1.807) is 0 Å². The average Bonchev–Trinajstić information content (AvgIpc) is 2.51. The Hall–Kier alpha value is -1.39. The molecule has 0 saturated heterocycles. The Labute approximate surface area is 139 Å². The molecule has 0 aromatic heterocycles.